The normalized spacial score (nSPS) is 18.3. The van der Waals surface area contributed by atoms with E-state index in [1.807, 2.05) is 23.6 Å². The zero-order chi connectivity index (χ0) is 17.5. The Kier molecular flexibility index (Phi) is 4.03. The molecule has 4 aromatic rings. The van der Waals surface area contributed by atoms with Gasteiger partial charge in [-0.05, 0) is 68.6 Å². The fraction of sp³-hybridized carbons (Fsp3) is 0.318. The van der Waals surface area contributed by atoms with Gasteiger partial charge in [-0.25, -0.2) is 0 Å². The summed E-state index contributed by atoms with van der Waals surface area (Å²) < 4.78 is 1.36. The number of hydrogen-bond acceptors (Lipinski definition) is 3. The first-order valence-electron chi connectivity index (χ1n) is 9.47. The van der Waals surface area contributed by atoms with Crippen LogP contribution >= 0.6 is 11.3 Å². The van der Waals surface area contributed by atoms with Crippen molar-refractivity contribution >= 4 is 32.5 Å². The highest BCUT2D eigenvalue weighted by molar-refractivity contribution is 7.19. The molecule has 26 heavy (non-hydrogen) atoms. The number of fused-ring (bicyclic) bond motifs is 2. The second-order valence-electron chi connectivity index (χ2n) is 7.36. The van der Waals surface area contributed by atoms with Crippen molar-refractivity contribution in [1.29, 1.82) is 0 Å². The van der Waals surface area contributed by atoms with Gasteiger partial charge in [0.25, 0.3) is 0 Å². The first kappa shape index (κ1) is 16.0. The third-order valence-electron chi connectivity index (χ3n) is 5.61. The van der Waals surface area contributed by atoms with Gasteiger partial charge in [0, 0.05) is 34.7 Å². The highest BCUT2D eigenvalue weighted by atomic mass is 32.1. The fourth-order valence-electron chi connectivity index (χ4n) is 4.08. The summed E-state index contributed by atoms with van der Waals surface area (Å²) in [4.78, 5) is 12.1. The summed E-state index contributed by atoms with van der Waals surface area (Å²) in [6.07, 6.45) is 5.72. The molecule has 1 saturated heterocycles. The molecule has 0 radical (unpaired) electrons. The van der Waals surface area contributed by atoms with Crippen LogP contribution in [0.15, 0.2) is 48.7 Å². The van der Waals surface area contributed by atoms with Crippen molar-refractivity contribution in [2.24, 2.45) is 0 Å². The molecule has 0 saturated carbocycles. The fourth-order valence-corrected chi connectivity index (χ4v) is 5.12. The molecule has 0 spiro atoms. The smallest absolute Gasteiger partial charge is 0.0702 e. The summed E-state index contributed by atoms with van der Waals surface area (Å²) in [5.41, 5.74) is 4.72. The van der Waals surface area contributed by atoms with Gasteiger partial charge in [-0.1, -0.05) is 12.1 Å². The summed E-state index contributed by atoms with van der Waals surface area (Å²) in [6, 6.07) is 16.0. The van der Waals surface area contributed by atoms with Gasteiger partial charge in [0.2, 0.25) is 0 Å². The molecule has 1 unspecified atom stereocenters. The van der Waals surface area contributed by atoms with E-state index in [1.165, 1.54) is 57.7 Å². The molecule has 1 fully saturated rings. The predicted molar refractivity (Wildman–Crippen MR) is 111 cm³/mol. The standard InChI is InChI=1S/C22H23N3S/c1-15-4-3-10-25(15)11-8-18-13-21-22(26-18)14-20(24-21)17-6-7-19-16(12-17)5-2-9-23-19/h2,5-7,9,12-15,24H,3-4,8,10-11H2,1H3. The summed E-state index contributed by atoms with van der Waals surface area (Å²) in [5.74, 6) is 0. The first-order chi connectivity index (χ1) is 12.8. The van der Waals surface area contributed by atoms with E-state index in [-0.39, 0.29) is 0 Å². The van der Waals surface area contributed by atoms with Crippen LogP contribution in [0.1, 0.15) is 24.6 Å². The molecule has 1 aromatic carbocycles. The van der Waals surface area contributed by atoms with E-state index < -0.39 is 0 Å². The maximum absolute atomic E-state index is 4.41. The lowest BCUT2D eigenvalue weighted by atomic mass is 10.1. The highest BCUT2D eigenvalue weighted by Crippen LogP contribution is 2.32. The zero-order valence-corrected chi connectivity index (χ0v) is 15.9. The maximum Gasteiger partial charge on any atom is 0.0702 e. The molecule has 3 aromatic heterocycles. The summed E-state index contributed by atoms with van der Waals surface area (Å²) in [6.45, 7) is 4.82. The van der Waals surface area contributed by atoms with Crippen molar-refractivity contribution in [2.45, 2.75) is 32.2 Å². The predicted octanol–water partition coefficient (Wildman–Crippen LogP) is 5.47. The Labute approximate surface area is 157 Å². The third kappa shape index (κ3) is 2.93. The summed E-state index contributed by atoms with van der Waals surface area (Å²) in [5, 5.41) is 1.18. The van der Waals surface area contributed by atoms with Gasteiger partial charge in [-0.2, -0.15) is 0 Å². The quantitative estimate of drug-likeness (QED) is 0.522. The number of hydrogen-bond donors (Lipinski definition) is 1. The van der Waals surface area contributed by atoms with Crippen LogP contribution in [-0.4, -0.2) is 34.0 Å². The molecule has 4 heteroatoms. The maximum atomic E-state index is 4.41. The number of H-pyrrole nitrogens is 1. The van der Waals surface area contributed by atoms with Crippen LogP contribution in [-0.2, 0) is 6.42 Å². The Bertz CT molecular complexity index is 1030. The largest absolute Gasteiger partial charge is 0.354 e. The highest BCUT2D eigenvalue weighted by Gasteiger charge is 2.19. The Morgan fingerprint density at radius 2 is 2.19 bits per heavy atom. The second kappa shape index (κ2) is 6.53. The number of benzene rings is 1. The van der Waals surface area contributed by atoms with E-state index in [1.54, 1.807) is 0 Å². The minimum Gasteiger partial charge on any atom is -0.354 e. The second-order valence-corrected chi connectivity index (χ2v) is 8.53. The Balaban J connectivity index is 1.37. The third-order valence-corrected chi connectivity index (χ3v) is 6.75. The Morgan fingerprint density at radius 3 is 3.04 bits per heavy atom. The van der Waals surface area contributed by atoms with Crippen LogP contribution in [0.5, 0.6) is 0 Å². The van der Waals surface area contributed by atoms with E-state index in [0.29, 0.717) is 0 Å². The van der Waals surface area contributed by atoms with Crippen LogP contribution in [0, 0.1) is 0 Å². The van der Waals surface area contributed by atoms with Gasteiger partial charge in [-0.3, -0.25) is 4.98 Å². The van der Waals surface area contributed by atoms with E-state index >= 15 is 0 Å². The number of rotatable bonds is 4. The van der Waals surface area contributed by atoms with Crippen LogP contribution < -0.4 is 0 Å². The van der Waals surface area contributed by atoms with Crippen molar-refractivity contribution < 1.29 is 0 Å². The molecule has 3 nitrogen and oxygen atoms in total. The van der Waals surface area contributed by atoms with Crippen molar-refractivity contribution in [3.05, 3.63) is 53.5 Å². The molecule has 0 bridgehead atoms. The molecule has 1 aliphatic heterocycles. The van der Waals surface area contributed by atoms with Crippen LogP contribution in [0.4, 0.5) is 0 Å². The van der Waals surface area contributed by atoms with Gasteiger partial charge < -0.3 is 9.88 Å². The van der Waals surface area contributed by atoms with Crippen LogP contribution in [0.2, 0.25) is 0 Å². The number of aromatic nitrogens is 2. The Hall–Kier alpha value is -2.17. The van der Waals surface area contributed by atoms with Crippen LogP contribution in [0.3, 0.4) is 0 Å². The minimum atomic E-state index is 0.758. The van der Waals surface area contributed by atoms with Crippen molar-refractivity contribution in [2.75, 3.05) is 13.1 Å². The molecule has 0 amide bonds. The lowest BCUT2D eigenvalue weighted by Gasteiger charge is -2.20. The van der Waals surface area contributed by atoms with E-state index in [9.17, 15) is 0 Å². The molecule has 5 rings (SSSR count). The van der Waals surface area contributed by atoms with Gasteiger partial charge in [0.15, 0.2) is 0 Å². The van der Waals surface area contributed by atoms with Gasteiger partial charge in [0.05, 0.1) is 15.7 Å². The number of nitrogens with zero attached hydrogens (tertiary/aromatic N) is 2. The van der Waals surface area contributed by atoms with E-state index in [2.05, 4.69) is 58.2 Å². The van der Waals surface area contributed by atoms with Crippen molar-refractivity contribution in [1.82, 2.24) is 14.9 Å². The van der Waals surface area contributed by atoms with E-state index in [0.717, 1.165) is 18.0 Å². The molecule has 4 heterocycles. The average molecular weight is 362 g/mol. The van der Waals surface area contributed by atoms with Crippen LogP contribution in [0.25, 0.3) is 32.4 Å². The van der Waals surface area contributed by atoms with E-state index in [4.69, 9.17) is 0 Å². The SMILES string of the molecule is CC1CCCN1CCc1cc2[nH]c(-c3ccc4ncccc4c3)cc2s1. The van der Waals surface area contributed by atoms with Gasteiger partial charge in [0.1, 0.15) is 0 Å². The first-order valence-corrected chi connectivity index (χ1v) is 10.3. The molecule has 0 aliphatic carbocycles. The lowest BCUT2D eigenvalue weighted by molar-refractivity contribution is 0.273. The number of nitrogens with one attached hydrogen (secondary N) is 1. The average Bonchev–Trinajstić information content (AvgIpc) is 3.34. The topological polar surface area (TPSA) is 31.9 Å². The number of aromatic amines is 1. The Morgan fingerprint density at radius 1 is 1.23 bits per heavy atom. The molecule has 1 atom stereocenters. The number of thiophene rings is 1. The molecule has 1 N–H and O–H groups in total. The number of likely N-dealkylation sites (tertiary alicyclic amines) is 1. The lowest BCUT2D eigenvalue weighted by Crippen LogP contribution is -2.28. The molecule has 132 valence electrons. The molecular formula is C22H23N3S. The van der Waals surface area contributed by atoms with Crippen molar-refractivity contribution in [3.63, 3.8) is 0 Å². The van der Waals surface area contributed by atoms with Gasteiger partial charge in [-0.15, -0.1) is 11.3 Å². The van der Waals surface area contributed by atoms with Crippen molar-refractivity contribution in [3.8, 4) is 11.3 Å². The zero-order valence-electron chi connectivity index (χ0n) is 15.0. The summed E-state index contributed by atoms with van der Waals surface area (Å²) in [7, 11) is 0. The molecule has 1 aliphatic rings. The van der Waals surface area contributed by atoms with Gasteiger partial charge >= 0.3 is 0 Å². The molecular weight excluding hydrogens is 338 g/mol. The number of pyridine rings is 1. The summed E-state index contributed by atoms with van der Waals surface area (Å²) >= 11 is 1.93. The minimum absolute atomic E-state index is 0.758. The monoisotopic (exact) mass is 361 g/mol.